The number of hydrogen-bond acceptors (Lipinski definition) is 6. The predicted molar refractivity (Wildman–Crippen MR) is 82.2 cm³/mol. The zero-order valence-corrected chi connectivity index (χ0v) is 13.3. The minimum absolute atomic E-state index is 0.190. The minimum Gasteiger partial charge on any atom is -0.355 e. The SMILES string of the molecule is CCNC(=O)[C@H](C)NC(=O)CCc1nc(-c2cccs2)no1. The molecule has 8 heteroatoms. The Morgan fingerprint density at radius 1 is 1.45 bits per heavy atom. The largest absolute Gasteiger partial charge is 0.355 e. The van der Waals surface area contributed by atoms with Gasteiger partial charge in [-0.05, 0) is 25.3 Å². The molecule has 0 bridgehead atoms. The third kappa shape index (κ3) is 4.39. The first-order valence-corrected chi connectivity index (χ1v) is 7.91. The predicted octanol–water partition coefficient (Wildman–Crippen LogP) is 1.37. The highest BCUT2D eigenvalue weighted by Crippen LogP contribution is 2.21. The Labute approximate surface area is 132 Å². The van der Waals surface area contributed by atoms with Gasteiger partial charge in [0.1, 0.15) is 6.04 Å². The average molecular weight is 322 g/mol. The number of amides is 2. The van der Waals surface area contributed by atoms with Gasteiger partial charge in [0.25, 0.3) is 0 Å². The number of nitrogens with zero attached hydrogens (tertiary/aromatic N) is 2. The van der Waals surface area contributed by atoms with Crippen molar-refractivity contribution in [2.75, 3.05) is 6.54 Å². The lowest BCUT2D eigenvalue weighted by Crippen LogP contribution is -2.44. The first-order valence-electron chi connectivity index (χ1n) is 7.03. The maximum Gasteiger partial charge on any atom is 0.242 e. The van der Waals surface area contributed by atoms with Crippen molar-refractivity contribution in [3.63, 3.8) is 0 Å². The zero-order chi connectivity index (χ0) is 15.9. The molecule has 0 saturated heterocycles. The molecule has 7 nitrogen and oxygen atoms in total. The first kappa shape index (κ1) is 16.2. The van der Waals surface area contributed by atoms with E-state index < -0.39 is 6.04 Å². The van der Waals surface area contributed by atoms with E-state index in [4.69, 9.17) is 4.52 Å². The van der Waals surface area contributed by atoms with Crippen LogP contribution >= 0.6 is 11.3 Å². The average Bonchev–Trinajstić information content (AvgIpc) is 3.16. The van der Waals surface area contributed by atoms with Crippen LogP contribution in [0, 0.1) is 0 Å². The van der Waals surface area contributed by atoms with Crippen LogP contribution in [0.2, 0.25) is 0 Å². The summed E-state index contributed by atoms with van der Waals surface area (Å²) in [6, 6.07) is 3.25. The summed E-state index contributed by atoms with van der Waals surface area (Å²) in [5.41, 5.74) is 0. The fraction of sp³-hybridized carbons (Fsp3) is 0.429. The van der Waals surface area contributed by atoms with E-state index in [1.807, 2.05) is 24.4 Å². The summed E-state index contributed by atoms with van der Waals surface area (Å²) in [4.78, 5) is 28.5. The van der Waals surface area contributed by atoms with Gasteiger partial charge in [0.05, 0.1) is 4.88 Å². The Bertz CT molecular complexity index is 624. The van der Waals surface area contributed by atoms with Crippen LogP contribution in [0.3, 0.4) is 0 Å². The van der Waals surface area contributed by atoms with Gasteiger partial charge in [-0.15, -0.1) is 11.3 Å². The molecule has 0 saturated carbocycles. The van der Waals surface area contributed by atoms with Crippen LogP contribution in [0.5, 0.6) is 0 Å². The molecular weight excluding hydrogens is 304 g/mol. The van der Waals surface area contributed by atoms with Crippen LogP contribution < -0.4 is 10.6 Å². The minimum atomic E-state index is -0.559. The molecule has 0 aromatic carbocycles. The third-order valence-corrected chi connectivity index (χ3v) is 3.76. The van der Waals surface area contributed by atoms with Crippen molar-refractivity contribution in [1.82, 2.24) is 20.8 Å². The number of hydrogen-bond donors (Lipinski definition) is 2. The maximum atomic E-state index is 11.8. The van der Waals surface area contributed by atoms with Gasteiger partial charge in [-0.1, -0.05) is 11.2 Å². The number of aryl methyl sites for hydroxylation is 1. The Kier molecular flexibility index (Phi) is 5.65. The second-order valence-corrected chi connectivity index (χ2v) is 5.62. The highest BCUT2D eigenvalue weighted by atomic mass is 32.1. The molecule has 118 valence electrons. The molecule has 2 aromatic rings. The monoisotopic (exact) mass is 322 g/mol. The first-order chi connectivity index (χ1) is 10.6. The Morgan fingerprint density at radius 3 is 2.95 bits per heavy atom. The normalized spacial score (nSPS) is 11.9. The van der Waals surface area contributed by atoms with E-state index in [9.17, 15) is 9.59 Å². The van der Waals surface area contributed by atoms with E-state index in [1.54, 1.807) is 6.92 Å². The van der Waals surface area contributed by atoms with Crippen molar-refractivity contribution in [2.45, 2.75) is 32.7 Å². The van der Waals surface area contributed by atoms with Gasteiger partial charge in [0.15, 0.2) is 0 Å². The smallest absolute Gasteiger partial charge is 0.242 e. The van der Waals surface area contributed by atoms with E-state index in [0.717, 1.165) is 4.88 Å². The fourth-order valence-electron chi connectivity index (χ4n) is 1.79. The second kappa shape index (κ2) is 7.69. The molecule has 1 atom stereocenters. The summed E-state index contributed by atoms with van der Waals surface area (Å²) in [6.45, 7) is 4.00. The van der Waals surface area contributed by atoms with Crippen molar-refractivity contribution in [3.8, 4) is 10.7 Å². The third-order valence-electron chi connectivity index (χ3n) is 2.90. The van der Waals surface area contributed by atoms with E-state index >= 15 is 0 Å². The number of carbonyl (C=O) groups is 2. The number of carbonyl (C=O) groups excluding carboxylic acids is 2. The highest BCUT2D eigenvalue weighted by molar-refractivity contribution is 7.13. The summed E-state index contributed by atoms with van der Waals surface area (Å²) in [5.74, 6) is 0.508. The topological polar surface area (TPSA) is 97.1 Å². The summed E-state index contributed by atoms with van der Waals surface area (Å²) in [7, 11) is 0. The lowest BCUT2D eigenvalue weighted by Gasteiger charge is -2.12. The highest BCUT2D eigenvalue weighted by Gasteiger charge is 2.16. The number of rotatable bonds is 7. The molecular formula is C14H18N4O3S. The van der Waals surface area contributed by atoms with Gasteiger partial charge in [-0.25, -0.2) is 0 Å². The van der Waals surface area contributed by atoms with Crippen LogP contribution in [0.4, 0.5) is 0 Å². The molecule has 2 heterocycles. The summed E-state index contributed by atoms with van der Waals surface area (Å²) < 4.78 is 5.12. The molecule has 0 spiro atoms. The molecule has 2 aromatic heterocycles. The number of aromatic nitrogens is 2. The molecule has 0 fully saturated rings. The molecule has 0 aliphatic heterocycles. The van der Waals surface area contributed by atoms with Crippen LogP contribution in [0.25, 0.3) is 10.7 Å². The van der Waals surface area contributed by atoms with Crippen molar-refractivity contribution in [1.29, 1.82) is 0 Å². The quantitative estimate of drug-likeness (QED) is 0.802. The standard InChI is InChI=1S/C14H18N4O3S/c1-3-15-14(20)9(2)16-11(19)6-7-12-17-13(18-21-12)10-5-4-8-22-10/h4-5,8-9H,3,6-7H2,1-2H3,(H,15,20)(H,16,19)/t9-/m0/s1. The van der Waals surface area contributed by atoms with Crippen molar-refractivity contribution in [3.05, 3.63) is 23.4 Å². The van der Waals surface area contributed by atoms with Crippen molar-refractivity contribution in [2.24, 2.45) is 0 Å². The lowest BCUT2D eigenvalue weighted by atomic mass is 10.2. The molecule has 0 unspecified atom stereocenters. The van der Waals surface area contributed by atoms with Crippen LogP contribution in [0.1, 0.15) is 26.2 Å². The zero-order valence-electron chi connectivity index (χ0n) is 12.5. The Morgan fingerprint density at radius 2 is 2.27 bits per heavy atom. The van der Waals surface area contributed by atoms with Gasteiger partial charge in [-0.2, -0.15) is 4.98 Å². The van der Waals surface area contributed by atoms with Crippen LogP contribution in [-0.2, 0) is 16.0 Å². The van der Waals surface area contributed by atoms with Gasteiger partial charge in [0, 0.05) is 19.4 Å². The van der Waals surface area contributed by atoms with Crippen LogP contribution in [-0.4, -0.2) is 34.5 Å². The number of likely N-dealkylation sites (N-methyl/N-ethyl adjacent to an activating group) is 1. The van der Waals surface area contributed by atoms with E-state index in [-0.39, 0.29) is 18.2 Å². The maximum absolute atomic E-state index is 11.8. The molecule has 0 aliphatic rings. The van der Waals surface area contributed by atoms with E-state index in [1.165, 1.54) is 11.3 Å². The molecule has 2 N–H and O–H groups in total. The summed E-state index contributed by atoms with van der Waals surface area (Å²) in [6.07, 6.45) is 0.530. The second-order valence-electron chi connectivity index (χ2n) is 4.67. The molecule has 22 heavy (non-hydrogen) atoms. The summed E-state index contributed by atoms with van der Waals surface area (Å²) in [5, 5.41) is 11.1. The fourth-order valence-corrected chi connectivity index (χ4v) is 2.44. The van der Waals surface area contributed by atoms with Gasteiger partial charge in [-0.3, -0.25) is 9.59 Å². The lowest BCUT2D eigenvalue weighted by molar-refractivity contribution is -0.128. The number of thiophene rings is 1. The Hall–Kier alpha value is -2.22. The molecule has 2 amide bonds. The van der Waals surface area contributed by atoms with Gasteiger partial charge < -0.3 is 15.2 Å². The van der Waals surface area contributed by atoms with E-state index in [0.29, 0.717) is 24.7 Å². The van der Waals surface area contributed by atoms with Gasteiger partial charge in [0.2, 0.25) is 23.5 Å². The Balaban J connectivity index is 1.80. The van der Waals surface area contributed by atoms with Crippen molar-refractivity contribution >= 4 is 23.2 Å². The number of nitrogens with one attached hydrogen (secondary N) is 2. The van der Waals surface area contributed by atoms with E-state index in [2.05, 4.69) is 20.8 Å². The molecule has 0 radical (unpaired) electrons. The van der Waals surface area contributed by atoms with Gasteiger partial charge >= 0.3 is 0 Å². The molecule has 2 rings (SSSR count). The summed E-state index contributed by atoms with van der Waals surface area (Å²) >= 11 is 1.52. The molecule has 0 aliphatic carbocycles. The van der Waals surface area contributed by atoms with Crippen molar-refractivity contribution < 1.29 is 14.1 Å². The van der Waals surface area contributed by atoms with Crippen LogP contribution in [0.15, 0.2) is 22.0 Å².